The van der Waals surface area contributed by atoms with Crippen molar-refractivity contribution in [1.29, 1.82) is 0 Å². The van der Waals surface area contributed by atoms with Gasteiger partial charge in [-0.2, -0.15) is 0 Å². The lowest BCUT2D eigenvalue weighted by molar-refractivity contribution is -0.145. The molecule has 2 atom stereocenters. The number of ether oxygens (including phenoxy) is 1. The zero-order valence-electron chi connectivity index (χ0n) is 15.1. The Morgan fingerprint density at radius 1 is 1.12 bits per heavy atom. The van der Waals surface area contributed by atoms with Gasteiger partial charge in [-0.25, -0.2) is 9.59 Å². The Hall–Kier alpha value is -1.79. The zero-order chi connectivity index (χ0) is 18.3. The number of carbonyl (C=O) groups is 3. The van der Waals surface area contributed by atoms with Crippen LogP contribution in [0.4, 0.5) is 4.79 Å². The van der Waals surface area contributed by atoms with Crippen LogP contribution in [0.1, 0.15) is 59.8 Å². The van der Waals surface area contributed by atoms with Crippen LogP contribution in [0.5, 0.6) is 0 Å². The molecule has 0 saturated heterocycles. The smallest absolute Gasteiger partial charge is 0.407 e. The van der Waals surface area contributed by atoms with Crippen LogP contribution in [-0.2, 0) is 14.3 Å². The highest BCUT2D eigenvalue weighted by molar-refractivity contribution is 5.89. The van der Waals surface area contributed by atoms with Crippen LogP contribution in [-0.4, -0.2) is 41.8 Å². The number of rotatable bonds is 6. The highest BCUT2D eigenvalue weighted by atomic mass is 16.5. The predicted octanol–water partition coefficient (Wildman–Crippen LogP) is 2.30. The maximum Gasteiger partial charge on any atom is 0.407 e. The summed E-state index contributed by atoms with van der Waals surface area (Å²) < 4.78 is 4.89. The number of aliphatic carboxylic acids is 1. The Labute approximate surface area is 143 Å². The molecule has 0 heterocycles. The molecule has 7 nitrogen and oxygen atoms in total. The van der Waals surface area contributed by atoms with Gasteiger partial charge in [0.05, 0.1) is 6.61 Å². The molecule has 0 aromatic heterocycles. The summed E-state index contributed by atoms with van der Waals surface area (Å²) in [7, 11) is 0. The molecule has 24 heavy (non-hydrogen) atoms. The van der Waals surface area contributed by atoms with E-state index in [1.165, 1.54) is 0 Å². The van der Waals surface area contributed by atoms with E-state index in [4.69, 9.17) is 4.74 Å². The lowest BCUT2D eigenvalue weighted by Crippen LogP contribution is -2.57. The van der Waals surface area contributed by atoms with Gasteiger partial charge in [-0.05, 0) is 31.1 Å². The van der Waals surface area contributed by atoms with Crippen molar-refractivity contribution in [2.24, 2.45) is 11.3 Å². The number of carboxylic acids is 1. The third-order valence-corrected chi connectivity index (χ3v) is 4.35. The quantitative estimate of drug-likeness (QED) is 0.687. The molecule has 2 amide bonds. The van der Waals surface area contributed by atoms with Gasteiger partial charge in [-0.1, -0.05) is 40.0 Å². The second kappa shape index (κ2) is 8.89. The molecule has 0 unspecified atom stereocenters. The molecule has 0 aliphatic heterocycles. The first kappa shape index (κ1) is 20.3. The molecule has 138 valence electrons. The first-order chi connectivity index (χ1) is 11.2. The first-order valence-electron chi connectivity index (χ1n) is 8.63. The largest absolute Gasteiger partial charge is 0.480 e. The second-order valence-corrected chi connectivity index (χ2v) is 7.39. The second-order valence-electron chi connectivity index (χ2n) is 7.39. The van der Waals surface area contributed by atoms with Gasteiger partial charge in [0.1, 0.15) is 12.1 Å². The summed E-state index contributed by atoms with van der Waals surface area (Å²) >= 11 is 0. The van der Waals surface area contributed by atoms with Crippen molar-refractivity contribution in [2.45, 2.75) is 71.9 Å². The highest BCUT2D eigenvalue weighted by Crippen LogP contribution is 2.27. The van der Waals surface area contributed by atoms with Crippen molar-refractivity contribution in [2.75, 3.05) is 6.61 Å². The number of hydrogen-bond donors (Lipinski definition) is 3. The predicted molar refractivity (Wildman–Crippen MR) is 89.5 cm³/mol. The fourth-order valence-electron chi connectivity index (χ4n) is 3.05. The van der Waals surface area contributed by atoms with Gasteiger partial charge >= 0.3 is 12.1 Å². The van der Waals surface area contributed by atoms with Crippen LogP contribution in [0, 0.1) is 11.3 Å². The van der Waals surface area contributed by atoms with Gasteiger partial charge in [-0.3, -0.25) is 4.79 Å². The van der Waals surface area contributed by atoms with E-state index in [1.807, 2.05) is 0 Å². The average Bonchev–Trinajstić information content (AvgIpc) is 2.49. The van der Waals surface area contributed by atoms with E-state index in [0.29, 0.717) is 0 Å². The average molecular weight is 342 g/mol. The van der Waals surface area contributed by atoms with Crippen molar-refractivity contribution in [3.63, 3.8) is 0 Å². The molecule has 7 heteroatoms. The molecule has 1 aliphatic carbocycles. The molecule has 0 aromatic rings. The van der Waals surface area contributed by atoms with Crippen LogP contribution < -0.4 is 10.6 Å². The van der Waals surface area contributed by atoms with Crippen LogP contribution >= 0.6 is 0 Å². The van der Waals surface area contributed by atoms with E-state index in [2.05, 4.69) is 10.6 Å². The van der Waals surface area contributed by atoms with E-state index in [1.54, 1.807) is 27.7 Å². The Balaban J connectivity index is 2.88. The maximum absolute atomic E-state index is 12.7. The maximum atomic E-state index is 12.7. The Bertz CT molecular complexity index is 452. The molecule has 0 bridgehead atoms. The summed E-state index contributed by atoms with van der Waals surface area (Å²) in [4.78, 5) is 36.0. The van der Waals surface area contributed by atoms with Crippen molar-refractivity contribution in [1.82, 2.24) is 10.6 Å². The molecule has 1 rings (SSSR count). The molecular weight excluding hydrogens is 312 g/mol. The van der Waals surface area contributed by atoms with E-state index in [-0.39, 0.29) is 12.5 Å². The van der Waals surface area contributed by atoms with Crippen molar-refractivity contribution in [3.8, 4) is 0 Å². The van der Waals surface area contributed by atoms with Crippen LogP contribution in [0.2, 0.25) is 0 Å². The number of nitrogens with one attached hydrogen (secondary N) is 2. The third-order valence-electron chi connectivity index (χ3n) is 4.35. The van der Waals surface area contributed by atoms with E-state index in [9.17, 15) is 19.5 Å². The van der Waals surface area contributed by atoms with Crippen LogP contribution in [0.3, 0.4) is 0 Å². The molecule has 0 spiro atoms. The van der Waals surface area contributed by atoms with Gasteiger partial charge in [0.25, 0.3) is 0 Å². The van der Waals surface area contributed by atoms with Gasteiger partial charge in [0.2, 0.25) is 5.91 Å². The summed E-state index contributed by atoms with van der Waals surface area (Å²) in [6, 6.07) is -1.80. The molecule has 1 fully saturated rings. The zero-order valence-corrected chi connectivity index (χ0v) is 15.1. The first-order valence-corrected chi connectivity index (χ1v) is 8.63. The lowest BCUT2D eigenvalue weighted by atomic mass is 9.82. The normalized spacial score (nSPS) is 18.3. The summed E-state index contributed by atoms with van der Waals surface area (Å²) in [6.07, 6.45) is 4.13. The molecular formula is C17H30N2O5. The molecule has 3 N–H and O–H groups in total. The minimum atomic E-state index is -1.09. The fraction of sp³-hybridized carbons (Fsp3) is 0.824. The molecule has 0 radical (unpaired) electrons. The van der Waals surface area contributed by atoms with Gasteiger partial charge in [0, 0.05) is 0 Å². The lowest BCUT2D eigenvalue weighted by Gasteiger charge is -2.33. The number of carboxylic acid groups (broad SMARTS) is 1. The SMILES string of the molecule is CCOC(=O)N[C@H](C(=O)N[C@H](C(=O)O)C(C)(C)C)C1CCCCC1. The molecule has 1 saturated carbocycles. The summed E-state index contributed by atoms with van der Waals surface area (Å²) in [5.74, 6) is -1.55. The van der Waals surface area contributed by atoms with Crippen LogP contribution in [0.15, 0.2) is 0 Å². The molecule has 1 aliphatic rings. The van der Waals surface area contributed by atoms with Crippen molar-refractivity contribution < 1.29 is 24.2 Å². The summed E-state index contributed by atoms with van der Waals surface area (Å²) in [5, 5.41) is 14.6. The van der Waals surface area contributed by atoms with E-state index < -0.39 is 35.5 Å². The van der Waals surface area contributed by atoms with Gasteiger partial charge < -0.3 is 20.5 Å². The summed E-state index contributed by atoms with van der Waals surface area (Å²) in [5.41, 5.74) is -0.636. The van der Waals surface area contributed by atoms with Crippen LogP contribution in [0.25, 0.3) is 0 Å². The minimum Gasteiger partial charge on any atom is -0.480 e. The third kappa shape index (κ3) is 6.02. The fourth-order valence-corrected chi connectivity index (χ4v) is 3.05. The number of alkyl carbamates (subject to hydrolysis) is 1. The van der Waals surface area contributed by atoms with Crippen molar-refractivity contribution >= 4 is 18.0 Å². The van der Waals surface area contributed by atoms with Crippen molar-refractivity contribution in [3.05, 3.63) is 0 Å². The Kier molecular flexibility index (Phi) is 7.51. The van der Waals surface area contributed by atoms with E-state index in [0.717, 1.165) is 32.1 Å². The standard InChI is InChI=1S/C17H30N2O5/c1-5-24-16(23)18-12(11-9-7-6-8-10-11)14(20)19-13(15(21)22)17(2,3)4/h11-13H,5-10H2,1-4H3,(H,18,23)(H,19,20)(H,21,22)/t12-,13+/m0/s1. The number of hydrogen-bond acceptors (Lipinski definition) is 4. The Morgan fingerprint density at radius 3 is 2.17 bits per heavy atom. The molecule has 0 aromatic carbocycles. The minimum absolute atomic E-state index is 0.00225. The van der Waals surface area contributed by atoms with Gasteiger partial charge in [-0.15, -0.1) is 0 Å². The topological polar surface area (TPSA) is 105 Å². The monoisotopic (exact) mass is 342 g/mol. The Morgan fingerprint density at radius 2 is 1.71 bits per heavy atom. The number of amides is 2. The summed E-state index contributed by atoms with van der Waals surface area (Å²) in [6.45, 7) is 7.15. The van der Waals surface area contributed by atoms with Gasteiger partial charge in [0.15, 0.2) is 0 Å². The highest BCUT2D eigenvalue weighted by Gasteiger charge is 2.37. The number of carbonyl (C=O) groups excluding carboxylic acids is 2. The van der Waals surface area contributed by atoms with E-state index >= 15 is 0 Å².